The summed E-state index contributed by atoms with van der Waals surface area (Å²) in [6.07, 6.45) is 0.0661. The zero-order chi connectivity index (χ0) is 16.6. The molecule has 2 bridgehead atoms. The number of carbonyl (C=O) groups is 1. The number of alkyl halides is 3. The molecule has 4 atom stereocenters. The summed E-state index contributed by atoms with van der Waals surface area (Å²) in [5.41, 5.74) is 0. The smallest absolute Gasteiger partial charge is 0.391 e. The SMILES string of the molecule is O=C(NC1CCC(C(F)(F)F)CC1)NC1C2CCC(C2)C1CO. The fourth-order valence-electron chi connectivity index (χ4n) is 4.84. The number of aliphatic hydroxyl groups excluding tert-OH is 1. The van der Waals surface area contributed by atoms with Gasteiger partial charge in [-0.15, -0.1) is 0 Å². The van der Waals surface area contributed by atoms with E-state index in [1.165, 1.54) is 0 Å². The molecule has 4 unspecified atom stereocenters. The summed E-state index contributed by atoms with van der Waals surface area (Å²) >= 11 is 0. The molecule has 0 aromatic rings. The van der Waals surface area contributed by atoms with Gasteiger partial charge in [0.05, 0.1) is 5.92 Å². The second-order valence-corrected chi connectivity index (χ2v) is 7.41. The quantitative estimate of drug-likeness (QED) is 0.743. The lowest BCUT2D eigenvalue weighted by Gasteiger charge is -2.33. The van der Waals surface area contributed by atoms with E-state index in [1.54, 1.807) is 0 Å². The molecule has 3 rings (SSSR count). The molecule has 0 saturated heterocycles. The van der Waals surface area contributed by atoms with Crippen LogP contribution >= 0.6 is 0 Å². The molecular formula is C16H25F3N2O2. The summed E-state index contributed by atoms with van der Waals surface area (Å²) in [6, 6.07) is -0.471. The van der Waals surface area contributed by atoms with Gasteiger partial charge in [0.25, 0.3) is 0 Å². The number of rotatable bonds is 3. The van der Waals surface area contributed by atoms with Crippen LogP contribution in [0.1, 0.15) is 44.9 Å². The van der Waals surface area contributed by atoms with Crippen LogP contribution < -0.4 is 10.6 Å². The summed E-state index contributed by atoms with van der Waals surface area (Å²) < 4.78 is 37.9. The standard InChI is InChI=1S/C16H25F3N2O2/c17-16(18,19)11-3-5-12(6-4-11)20-15(23)21-14-10-2-1-9(7-10)13(14)8-22/h9-14,22H,1-8H2,(H2,20,21,23). The Hall–Kier alpha value is -0.980. The fraction of sp³-hybridized carbons (Fsp3) is 0.938. The van der Waals surface area contributed by atoms with Crippen molar-refractivity contribution < 1.29 is 23.1 Å². The van der Waals surface area contributed by atoms with Crippen molar-refractivity contribution in [3.8, 4) is 0 Å². The molecule has 3 aliphatic carbocycles. The molecule has 0 radical (unpaired) electrons. The zero-order valence-corrected chi connectivity index (χ0v) is 13.1. The first-order chi connectivity index (χ1) is 10.9. The van der Waals surface area contributed by atoms with Gasteiger partial charge >= 0.3 is 12.2 Å². The monoisotopic (exact) mass is 334 g/mol. The van der Waals surface area contributed by atoms with Crippen LogP contribution in [0.3, 0.4) is 0 Å². The molecule has 23 heavy (non-hydrogen) atoms. The summed E-state index contributed by atoms with van der Waals surface area (Å²) in [6.45, 7) is 0.0861. The van der Waals surface area contributed by atoms with Gasteiger partial charge in [-0.2, -0.15) is 13.2 Å². The Morgan fingerprint density at radius 2 is 1.65 bits per heavy atom. The number of fused-ring (bicyclic) bond motifs is 2. The van der Waals surface area contributed by atoms with Crippen molar-refractivity contribution in [2.24, 2.45) is 23.7 Å². The van der Waals surface area contributed by atoms with Gasteiger partial charge in [-0.25, -0.2) is 4.79 Å². The Morgan fingerprint density at radius 3 is 2.26 bits per heavy atom. The van der Waals surface area contributed by atoms with Gasteiger partial charge in [0.1, 0.15) is 0 Å². The van der Waals surface area contributed by atoms with E-state index >= 15 is 0 Å². The predicted molar refractivity (Wildman–Crippen MR) is 78.7 cm³/mol. The van der Waals surface area contributed by atoms with Crippen LogP contribution in [0.25, 0.3) is 0 Å². The van der Waals surface area contributed by atoms with E-state index in [-0.39, 0.29) is 43.5 Å². The first-order valence-electron chi connectivity index (χ1n) is 8.63. The number of nitrogens with one attached hydrogen (secondary N) is 2. The first-order valence-corrected chi connectivity index (χ1v) is 8.63. The van der Waals surface area contributed by atoms with Crippen LogP contribution in [-0.4, -0.2) is 36.0 Å². The minimum atomic E-state index is -4.12. The van der Waals surface area contributed by atoms with Gasteiger partial charge < -0.3 is 15.7 Å². The number of hydrogen-bond donors (Lipinski definition) is 3. The Labute approximate surface area is 134 Å². The van der Waals surface area contributed by atoms with E-state index in [9.17, 15) is 23.1 Å². The topological polar surface area (TPSA) is 61.4 Å². The van der Waals surface area contributed by atoms with Crippen molar-refractivity contribution in [3.63, 3.8) is 0 Å². The van der Waals surface area contributed by atoms with Crippen LogP contribution in [0.2, 0.25) is 0 Å². The Bertz CT molecular complexity index is 436. The van der Waals surface area contributed by atoms with Crippen LogP contribution in [0.5, 0.6) is 0 Å². The van der Waals surface area contributed by atoms with Gasteiger partial charge in [0.2, 0.25) is 0 Å². The minimum Gasteiger partial charge on any atom is -0.396 e. The van der Waals surface area contributed by atoms with E-state index in [0.717, 1.165) is 19.3 Å². The summed E-state index contributed by atoms with van der Waals surface area (Å²) in [4.78, 5) is 12.2. The third-order valence-corrected chi connectivity index (χ3v) is 6.12. The Kier molecular flexibility index (Phi) is 4.76. The van der Waals surface area contributed by atoms with Gasteiger partial charge in [-0.3, -0.25) is 0 Å². The van der Waals surface area contributed by atoms with Gasteiger partial charge in [-0.1, -0.05) is 0 Å². The molecule has 0 aliphatic heterocycles. The van der Waals surface area contributed by atoms with Gasteiger partial charge in [0.15, 0.2) is 0 Å². The molecule has 0 spiro atoms. The average Bonchev–Trinajstić information content (AvgIpc) is 3.07. The van der Waals surface area contributed by atoms with E-state index in [0.29, 0.717) is 24.7 Å². The van der Waals surface area contributed by atoms with Crippen LogP contribution in [-0.2, 0) is 0 Å². The van der Waals surface area contributed by atoms with Crippen LogP contribution in [0.15, 0.2) is 0 Å². The molecular weight excluding hydrogens is 309 g/mol. The Morgan fingerprint density at radius 1 is 1.00 bits per heavy atom. The van der Waals surface area contributed by atoms with Crippen LogP contribution in [0.4, 0.5) is 18.0 Å². The summed E-state index contributed by atoms with van der Waals surface area (Å²) in [5, 5.41) is 15.3. The second-order valence-electron chi connectivity index (χ2n) is 7.41. The lowest BCUT2D eigenvalue weighted by atomic mass is 9.85. The van der Waals surface area contributed by atoms with Crippen molar-refractivity contribution in [2.45, 2.75) is 63.2 Å². The molecule has 7 heteroatoms. The van der Waals surface area contributed by atoms with Gasteiger partial charge in [0, 0.05) is 24.6 Å². The molecule has 0 aromatic heterocycles. The maximum atomic E-state index is 12.6. The van der Waals surface area contributed by atoms with Crippen molar-refractivity contribution >= 4 is 6.03 Å². The number of halogens is 3. The number of hydrogen-bond acceptors (Lipinski definition) is 2. The highest BCUT2D eigenvalue weighted by Crippen LogP contribution is 2.48. The highest BCUT2D eigenvalue weighted by molar-refractivity contribution is 5.74. The molecule has 0 heterocycles. The molecule has 0 aromatic carbocycles. The van der Waals surface area contributed by atoms with E-state index < -0.39 is 12.1 Å². The molecule has 4 nitrogen and oxygen atoms in total. The molecule has 132 valence electrons. The molecule has 2 amide bonds. The predicted octanol–water partition coefficient (Wildman–Crippen LogP) is 2.81. The maximum Gasteiger partial charge on any atom is 0.391 e. The number of carbonyl (C=O) groups excluding carboxylic acids is 1. The normalized spacial score (nSPS) is 40.2. The summed E-state index contributed by atoms with van der Waals surface area (Å²) in [7, 11) is 0. The largest absolute Gasteiger partial charge is 0.396 e. The maximum absolute atomic E-state index is 12.6. The first kappa shape index (κ1) is 16.9. The second kappa shape index (κ2) is 6.49. The number of amides is 2. The molecule has 3 aliphatic rings. The molecule has 3 saturated carbocycles. The third-order valence-electron chi connectivity index (χ3n) is 6.12. The van der Waals surface area contributed by atoms with Gasteiger partial charge in [-0.05, 0) is 56.8 Å². The lowest BCUT2D eigenvalue weighted by molar-refractivity contribution is -0.182. The van der Waals surface area contributed by atoms with E-state index in [1.807, 2.05) is 0 Å². The molecule has 3 N–H and O–H groups in total. The Balaban J connectivity index is 1.45. The van der Waals surface area contributed by atoms with Crippen molar-refractivity contribution in [1.29, 1.82) is 0 Å². The van der Waals surface area contributed by atoms with Crippen LogP contribution in [0, 0.1) is 23.7 Å². The van der Waals surface area contributed by atoms with E-state index in [4.69, 9.17) is 0 Å². The highest BCUT2D eigenvalue weighted by Gasteiger charge is 2.48. The zero-order valence-electron chi connectivity index (χ0n) is 13.1. The van der Waals surface area contributed by atoms with E-state index in [2.05, 4.69) is 10.6 Å². The number of urea groups is 1. The van der Waals surface area contributed by atoms with Crippen molar-refractivity contribution in [3.05, 3.63) is 0 Å². The molecule has 3 fully saturated rings. The average molecular weight is 334 g/mol. The lowest BCUT2D eigenvalue weighted by Crippen LogP contribution is -2.52. The number of aliphatic hydroxyl groups is 1. The third kappa shape index (κ3) is 3.59. The van der Waals surface area contributed by atoms with Crippen molar-refractivity contribution in [2.75, 3.05) is 6.61 Å². The van der Waals surface area contributed by atoms with Crippen molar-refractivity contribution in [1.82, 2.24) is 10.6 Å². The minimum absolute atomic E-state index is 0.00487. The fourth-order valence-corrected chi connectivity index (χ4v) is 4.84. The highest BCUT2D eigenvalue weighted by atomic mass is 19.4. The summed E-state index contributed by atoms with van der Waals surface area (Å²) in [5.74, 6) is -0.171.